The Kier molecular flexibility index (Phi) is 6.96. The second-order valence-corrected chi connectivity index (χ2v) is 10.3. The predicted octanol–water partition coefficient (Wildman–Crippen LogP) is 6.41. The Balaban J connectivity index is 2.33. The lowest BCUT2D eigenvalue weighted by Gasteiger charge is -2.43. The van der Waals surface area contributed by atoms with Crippen LogP contribution in [-0.4, -0.2) is 23.2 Å². The summed E-state index contributed by atoms with van der Waals surface area (Å²) in [6.07, 6.45) is 1.30. The van der Waals surface area contributed by atoms with Gasteiger partial charge >= 0.3 is 5.97 Å². The van der Waals surface area contributed by atoms with E-state index in [9.17, 15) is 10.1 Å². The smallest absolute Gasteiger partial charge is 0.324 e. The highest BCUT2D eigenvalue weighted by Crippen LogP contribution is 2.56. The molecule has 0 bridgehead atoms. The van der Waals surface area contributed by atoms with Gasteiger partial charge in [0.1, 0.15) is 17.1 Å². The number of benzene rings is 2. The fourth-order valence-electron chi connectivity index (χ4n) is 5.17. The monoisotopic (exact) mass is 472 g/mol. The molecule has 3 atom stereocenters. The van der Waals surface area contributed by atoms with E-state index in [0.29, 0.717) is 22.9 Å². The number of nitriles is 1. The third-order valence-corrected chi connectivity index (χ3v) is 7.03. The molecule has 0 saturated carbocycles. The van der Waals surface area contributed by atoms with Crippen LogP contribution < -0.4 is 5.32 Å². The van der Waals surface area contributed by atoms with Crippen LogP contribution in [0.25, 0.3) is 0 Å². The molecule has 0 spiro atoms. The third kappa shape index (κ3) is 4.15. The molecule has 6 heteroatoms. The number of esters is 1. The lowest BCUT2D eigenvalue weighted by molar-refractivity contribution is -0.157. The van der Waals surface area contributed by atoms with Crippen LogP contribution in [0.15, 0.2) is 48.5 Å². The van der Waals surface area contributed by atoms with Crippen LogP contribution >= 0.6 is 23.2 Å². The average molecular weight is 473 g/mol. The van der Waals surface area contributed by atoms with Crippen molar-refractivity contribution in [1.29, 1.82) is 5.26 Å². The second kappa shape index (κ2) is 9.06. The predicted molar refractivity (Wildman–Crippen MR) is 129 cm³/mol. The van der Waals surface area contributed by atoms with Crippen molar-refractivity contribution in [3.05, 3.63) is 69.7 Å². The molecule has 4 nitrogen and oxygen atoms in total. The zero-order chi connectivity index (χ0) is 23.7. The number of rotatable bonds is 5. The third-order valence-electron chi connectivity index (χ3n) is 6.54. The molecule has 170 valence electrons. The Hall–Kier alpha value is -2.06. The van der Waals surface area contributed by atoms with Gasteiger partial charge in [-0.2, -0.15) is 5.26 Å². The van der Waals surface area contributed by atoms with Gasteiger partial charge in [0, 0.05) is 21.5 Å². The Morgan fingerprint density at radius 3 is 2.22 bits per heavy atom. The zero-order valence-corrected chi connectivity index (χ0v) is 20.7. The summed E-state index contributed by atoms with van der Waals surface area (Å²) in [5, 5.41) is 15.6. The Bertz CT molecular complexity index is 1020. The topological polar surface area (TPSA) is 62.1 Å². The lowest BCUT2D eigenvalue weighted by Crippen LogP contribution is -2.55. The van der Waals surface area contributed by atoms with Crippen LogP contribution in [-0.2, 0) is 14.9 Å². The molecule has 2 aromatic carbocycles. The number of halogens is 2. The van der Waals surface area contributed by atoms with Gasteiger partial charge in [-0.25, -0.2) is 0 Å². The molecule has 1 aliphatic rings. The van der Waals surface area contributed by atoms with Gasteiger partial charge in [-0.15, -0.1) is 0 Å². The van der Waals surface area contributed by atoms with Crippen LogP contribution in [0.4, 0.5) is 0 Å². The molecule has 1 heterocycles. The normalized spacial score (nSPS) is 24.7. The van der Waals surface area contributed by atoms with E-state index in [2.05, 4.69) is 11.4 Å². The van der Waals surface area contributed by atoms with E-state index in [1.807, 2.05) is 65.0 Å². The van der Waals surface area contributed by atoms with Crippen molar-refractivity contribution < 1.29 is 9.53 Å². The molecule has 1 N–H and O–H groups in total. The molecular weight excluding hydrogens is 443 g/mol. The minimum Gasteiger partial charge on any atom is -0.459 e. The van der Waals surface area contributed by atoms with Gasteiger partial charge in [0.05, 0.1) is 6.07 Å². The molecule has 0 amide bonds. The number of hydrogen-bond acceptors (Lipinski definition) is 4. The van der Waals surface area contributed by atoms with Gasteiger partial charge in [-0.3, -0.25) is 10.1 Å². The van der Waals surface area contributed by atoms with E-state index in [1.165, 1.54) is 0 Å². The fourth-order valence-corrected chi connectivity index (χ4v) is 5.49. The molecule has 32 heavy (non-hydrogen) atoms. The number of ether oxygens (including phenoxy) is 1. The number of hydrogen-bond donors (Lipinski definition) is 1. The van der Waals surface area contributed by atoms with Crippen molar-refractivity contribution in [2.45, 2.75) is 76.0 Å². The van der Waals surface area contributed by atoms with Gasteiger partial charge in [0.25, 0.3) is 0 Å². The van der Waals surface area contributed by atoms with Crippen LogP contribution in [0.1, 0.15) is 64.5 Å². The lowest BCUT2D eigenvalue weighted by atomic mass is 9.58. The first-order valence-electron chi connectivity index (χ1n) is 11.0. The highest BCUT2D eigenvalue weighted by Gasteiger charge is 2.66. The van der Waals surface area contributed by atoms with Crippen LogP contribution in [0.3, 0.4) is 0 Å². The average Bonchev–Trinajstić information content (AvgIpc) is 3.05. The molecule has 1 aliphatic heterocycles. The Morgan fingerprint density at radius 1 is 1.09 bits per heavy atom. The summed E-state index contributed by atoms with van der Waals surface area (Å²) in [5.74, 6) is -0.887. The fraction of sp³-hybridized carbons (Fsp3) is 0.462. The summed E-state index contributed by atoms with van der Waals surface area (Å²) in [6, 6.07) is 16.7. The van der Waals surface area contributed by atoms with Gasteiger partial charge in [0.15, 0.2) is 0 Å². The Morgan fingerprint density at radius 2 is 1.72 bits per heavy atom. The van der Waals surface area contributed by atoms with E-state index in [-0.39, 0.29) is 5.97 Å². The van der Waals surface area contributed by atoms with Crippen molar-refractivity contribution in [2.24, 2.45) is 0 Å². The van der Waals surface area contributed by atoms with Crippen molar-refractivity contribution >= 4 is 29.2 Å². The molecule has 2 aromatic rings. The maximum Gasteiger partial charge on any atom is 0.324 e. The van der Waals surface area contributed by atoms with Crippen molar-refractivity contribution in [3.63, 3.8) is 0 Å². The molecular formula is C26H30Cl2N2O2. The summed E-state index contributed by atoms with van der Waals surface area (Å²) in [4.78, 5) is 13.5. The minimum atomic E-state index is -1.05. The Labute approximate surface area is 200 Å². The first kappa shape index (κ1) is 24.6. The largest absolute Gasteiger partial charge is 0.459 e. The highest BCUT2D eigenvalue weighted by atomic mass is 35.5. The standard InChI is InChI=1S/C26H30Cl2N2O2/c1-6-25(7-2)26(16-29,18-11-13-19(27)14-12-18)21(17-9-8-10-20(28)15-17)22(30-25)23(31)32-24(3,4)5/h8-15,21-22,30H,6-7H2,1-5H3/t21-,22+,26+/m0/s1. The van der Waals surface area contributed by atoms with Gasteiger partial charge in [-0.05, 0) is 69.0 Å². The van der Waals surface area contributed by atoms with Crippen molar-refractivity contribution in [2.75, 3.05) is 0 Å². The summed E-state index contributed by atoms with van der Waals surface area (Å²) >= 11 is 12.5. The summed E-state index contributed by atoms with van der Waals surface area (Å²) < 4.78 is 5.81. The number of carbonyl (C=O) groups excluding carboxylic acids is 1. The number of nitrogens with one attached hydrogen (secondary N) is 1. The maximum absolute atomic E-state index is 13.5. The van der Waals surface area contributed by atoms with Crippen LogP contribution in [0.5, 0.6) is 0 Å². The summed E-state index contributed by atoms with van der Waals surface area (Å²) in [5.41, 5.74) is -0.730. The van der Waals surface area contributed by atoms with E-state index >= 15 is 0 Å². The molecule has 0 aliphatic carbocycles. The number of nitrogens with zero attached hydrogens (tertiary/aromatic N) is 1. The minimum absolute atomic E-state index is 0.375. The van der Waals surface area contributed by atoms with Crippen LogP contribution in [0, 0.1) is 11.3 Å². The van der Waals surface area contributed by atoms with E-state index < -0.39 is 28.5 Å². The number of carbonyl (C=O) groups is 1. The molecule has 1 fully saturated rings. The SMILES string of the molecule is CCC1(CC)N[C@@H](C(=O)OC(C)(C)C)[C@H](c2cccc(Cl)c2)[C@@]1(C#N)c1ccc(Cl)cc1. The van der Waals surface area contributed by atoms with E-state index in [1.54, 1.807) is 18.2 Å². The molecule has 3 rings (SSSR count). The first-order valence-corrected chi connectivity index (χ1v) is 11.7. The van der Waals surface area contributed by atoms with Crippen molar-refractivity contribution in [1.82, 2.24) is 5.32 Å². The molecule has 0 unspecified atom stereocenters. The highest BCUT2D eigenvalue weighted by molar-refractivity contribution is 6.30. The summed E-state index contributed by atoms with van der Waals surface area (Å²) in [7, 11) is 0. The van der Waals surface area contributed by atoms with Gasteiger partial charge in [-0.1, -0.05) is 61.3 Å². The van der Waals surface area contributed by atoms with E-state index in [4.69, 9.17) is 27.9 Å². The van der Waals surface area contributed by atoms with Gasteiger partial charge < -0.3 is 4.74 Å². The quantitative estimate of drug-likeness (QED) is 0.510. The van der Waals surface area contributed by atoms with Crippen molar-refractivity contribution in [3.8, 4) is 6.07 Å². The van der Waals surface area contributed by atoms with E-state index in [0.717, 1.165) is 11.1 Å². The zero-order valence-electron chi connectivity index (χ0n) is 19.2. The van der Waals surface area contributed by atoms with Crippen LogP contribution in [0.2, 0.25) is 10.0 Å². The second-order valence-electron chi connectivity index (χ2n) is 9.40. The molecule has 1 saturated heterocycles. The molecule has 0 aromatic heterocycles. The summed E-state index contributed by atoms with van der Waals surface area (Å²) in [6.45, 7) is 9.63. The maximum atomic E-state index is 13.5. The first-order chi connectivity index (χ1) is 15.0. The molecule has 0 radical (unpaired) electrons. The van der Waals surface area contributed by atoms with Gasteiger partial charge in [0.2, 0.25) is 0 Å².